The van der Waals surface area contributed by atoms with Crippen molar-refractivity contribution in [3.63, 3.8) is 0 Å². The summed E-state index contributed by atoms with van der Waals surface area (Å²) < 4.78 is 9.06. The quantitative estimate of drug-likeness (QED) is 0.756. The van der Waals surface area contributed by atoms with Gasteiger partial charge in [0.2, 0.25) is 5.88 Å². The van der Waals surface area contributed by atoms with Crippen molar-refractivity contribution in [2.24, 2.45) is 0 Å². The summed E-state index contributed by atoms with van der Waals surface area (Å²) in [7, 11) is 0. The van der Waals surface area contributed by atoms with Gasteiger partial charge in [-0.2, -0.15) is 0 Å². The van der Waals surface area contributed by atoms with Gasteiger partial charge in [0.15, 0.2) is 11.5 Å². The summed E-state index contributed by atoms with van der Waals surface area (Å²) >= 11 is 0. The van der Waals surface area contributed by atoms with Gasteiger partial charge < -0.3 is 23.8 Å². The van der Waals surface area contributed by atoms with Crippen LogP contribution in [0.4, 0.5) is 0 Å². The number of hydrogen-bond donors (Lipinski definition) is 2. The maximum absolute atomic E-state index is 10.1. The summed E-state index contributed by atoms with van der Waals surface area (Å²) in [4.78, 5) is 3.99. The van der Waals surface area contributed by atoms with E-state index < -0.39 is 0 Å². The molecule has 0 amide bonds. The normalized spacial score (nSPS) is 11.1. The van der Waals surface area contributed by atoms with Crippen molar-refractivity contribution in [3.05, 3.63) is 42.7 Å². The number of rotatable bonds is 5. The second-order valence-electron chi connectivity index (χ2n) is 4.93. The topological polar surface area (TPSA) is 76.3 Å². The number of hydrogen-bond acceptors (Lipinski definition) is 4. The van der Waals surface area contributed by atoms with E-state index in [-0.39, 0.29) is 11.6 Å². The third kappa shape index (κ3) is 2.40. The lowest BCUT2D eigenvalue weighted by Crippen LogP contribution is -2.04. The predicted molar refractivity (Wildman–Crippen MR) is 77.0 cm³/mol. The Labute approximate surface area is 121 Å². The molecule has 0 saturated heterocycles. The minimum absolute atomic E-state index is 0.0935. The van der Waals surface area contributed by atoms with Crippen LogP contribution in [0.25, 0.3) is 11.5 Å². The van der Waals surface area contributed by atoms with Crippen LogP contribution in [0, 0.1) is 6.92 Å². The van der Waals surface area contributed by atoms with Crippen molar-refractivity contribution in [2.45, 2.75) is 26.4 Å². The molecular formula is C15H17N3O3. The van der Waals surface area contributed by atoms with Crippen LogP contribution in [-0.4, -0.2) is 24.3 Å². The van der Waals surface area contributed by atoms with Gasteiger partial charge in [-0.25, -0.2) is 4.98 Å². The molecule has 0 aliphatic heterocycles. The number of nitrogens with zero attached hydrogens (tertiary/aromatic N) is 3. The Morgan fingerprint density at radius 1 is 1.29 bits per heavy atom. The van der Waals surface area contributed by atoms with Crippen LogP contribution in [0.1, 0.15) is 12.0 Å². The fraction of sp³-hybridized carbons (Fsp3) is 0.267. The first-order chi connectivity index (χ1) is 10.2. The third-order valence-corrected chi connectivity index (χ3v) is 3.56. The first-order valence-electron chi connectivity index (χ1n) is 6.79. The van der Waals surface area contributed by atoms with Gasteiger partial charge in [0.1, 0.15) is 0 Å². The van der Waals surface area contributed by atoms with E-state index >= 15 is 0 Å². The van der Waals surface area contributed by atoms with E-state index in [0.717, 1.165) is 13.0 Å². The van der Waals surface area contributed by atoms with E-state index in [9.17, 15) is 10.2 Å². The van der Waals surface area contributed by atoms with Crippen molar-refractivity contribution in [2.75, 3.05) is 0 Å². The smallest absolute Gasteiger partial charge is 0.235 e. The molecule has 3 aromatic rings. The van der Waals surface area contributed by atoms with E-state index in [2.05, 4.69) is 4.98 Å². The summed E-state index contributed by atoms with van der Waals surface area (Å²) in [6.45, 7) is 3.12. The lowest BCUT2D eigenvalue weighted by molar-refractivity contribution is 0.367. The second-order valence-corrected chi connectivity index (χ2v) is 4.93. The second kappa shape index (κ2) is 5.40. The van der Waals surface area contributed by atoms with E-state index in [0.29, 0.717) is 23.6 Å². The molecule has 0 radical (unpaired) electrons. The molecule has 6 nitrogen and oxygen atoms in total. The molecule has 0 spiro atoms. The lowest BCUT2D eigenvalue weighted by Gasteiger charge is -2.09. The molecule has 0 atom stereocenters. The van der Waals surface area contributed by atoms with E-state index in [1.54, 1.807) is 36.3 Å². The van der Waals surface area contributed by atoms with Crippen molar-refractivity contribution in [1.82, 2.24) is 14.1 Å². The highest BCUT2D eigenvalue weighted by atomic mass is 16.3. The standard InChI is InChI=1S/C15H17N3O3/c1-11-13(12-4-2-9-21-12)18(15(20)14(11)19)7-3-6-17-8-5-16-10-17/h2,4-5,8-10,19-20H,3,6-7H2,1H3. The summed E-state index contributed by atoms with van der Waals surface area (Å²) in [5, 5.41) is 20.1. The van der Waals surface area contributed by atoms with E-state index in [4.69, 9.17) is 4.42 Å². The predicted octanol–water partition coefficient (Wildman–Crippen LogP) is 2.75. The molecule has 3 heterocycles. The van der Waals surface area contributed by atoms with Crippen molar-refractivity contribution < 1.29 is 14.6 Å². The Hall–Kier alpha value is -2.63. The van der Waals surface area contributed by atoms with Gasteiger partial charge in [0.05, 0.1) is 18.3 Å². The number of aromatic hydroxyl groups is 2. The van der Waals surface area contributed by atoms with Crippen molar-refractivity contribution >= 4 is 0 Å². The molecule has 0 aliphatic carbocycles. The van der Waals surface area contributed by atoms with Crippen LogP contribution < -0.4 is 0 Å². The Balaban J connectivity index is 1.85. The van der Waals surface area contributed by atoms with E-state index in [1.807, 2.05) is 16.8 Å². The third-order valence-electron chi connectivity index (χ3n) is 3.56. The Bertz CT molecular complexity index is 712. The molecule has 0 fully saturated rings. The molecular weight excluding hydrogens is 270 g/mol. The van der Waals surface area contributed by atoms with Gasteiger partial charge in [0.25, 0.3) is 0 Å². The fourth-order valence-electron chi connectivity index (χ4n) is 2.50. The van der Waals surface area contributed by atoms with Gasteiger partial charge in [-0.05, 0) is 25.5 Å². The van der Waals surface area contributed by atoms with Gasteiger partial charge in [-0.15, -0.1) is 0 Å². The van der Waals surface area contributed by atoms with Gasteiger partial charge in [-0.1, -0.05) is 0 Å². The first-order valence-corrected chi connectivity index (χ1v) is 6.79. The van der Waals surface area contributed by atoms with Crippen molar-refractivity contribution in [1.29, 1.82) is 0 Å². The zero-order valence-corrected chi connectivity index (χ0v) is 11.7. The molecule has 0 bridgehead atoms. The maximum atomic E-state index is 10.1. The van der Waals surface area contributed by atoms with Crippen LogP contribution >= 0.6 is 0 Å². The van der Waals surface area contributed by atoms with Crippen LogP contribution in [-0.2, 0) is 13.1 Å². The molecule has 21 heavy (non-hydrogen) atoms. The summed E-state index contributed by atoms with van der Waals surface area (Å²) in [5.74, 6) is 0.416. The monoisotopic (exact) mass is 287 g/mol. The number of aryl methyl sites for hydroxylation is 1. The lowest BCUT2D eigenvalue weighted by atomic mass is 10.2. The van der Waals surface area contributed by atoms with Gasteiger partial charge in [-0.3, -0.25) is 0 Å². The highest BCUT2D eigenvalue weighted by molar-refractivity contribution is 5.66. The minimum Gasteiger partial charge on any atom is -0.503 e. The van der Waals surface area contributed by atoms with E-state index in [1.165, 1.54) is 0 Å². The first kappa shape index (κ1) is 13.4. The highest BCUT2D eigenvalue weighted by Crippen LogP contribution is 2.40. The molecule has 3 aromatic heterocycles. The Morgan fingerprint density at radius 2 is 2.14 bits per heavy atom. The van der Waals surface area contributed by atoms with Crippen molar-refractivity contribution in [3.8, 4) is 23.1 Å². The molecule has 6 heteroatoms. The van der Waals surface area contributed by atoms with Crippen LogP contribution in [0.5, 0.6) is 11.6 Å². The maximum Gasteiger partial charge on any atom is 0.235 e. The summed E-state index contributed by atoms with van der Waals surface area (Å²) in [6.07, 6.45) is 7.76. The SMILES string of the molecule is Cc1c(O)c(O)n(CCCn2ccnc2)c1-c1ccco1. The number of furan rings is 1. The average Bonchev–Trinajstić information content (AvgIpc) is 3.20. The molecule has 2 N–H and O–H groups in total. The van der Waals surface area contributed by atoms with Crippen LogP contribution in [0.3, 0.4) is 0 Å². The van der Waals surface area contributed by atoms with Crippen LogP contribution in [0.15, 0.2) is 41.5 Å². The highest BCUT2D eigenvalue weighted by Gasteiger charge is 2.21. The zero-order valence-electron chi connectivity index (χ0n) is 11.7. The molecule has 0 unspecified atom stereocenters. The average molecular weight is 287 g/mol. The Kier molecular flexibility index (Phi) is 3.43. The molecule has 3 rings (SSSR count). The zero-order chi connectivity index (χ0) is 14.8. The van der Waals surface area contributed by atoms with Gasteiger partial charge >= 0.3 is 0 Å². The minimum atomic E-state index is -0.121. The number of imidazole rings is 1. The fourth-order valence-corrected chi connectivity index (χ4v) is 2.50. The van der Waals surface area contributed by atoms with Crippen LogP contribution in [0.2, 0.25) is 0 Å². The largest absolute Gasteiger partial charge is 0.503 e. The Morgan fingerprint density at radius 3 is 2.81 bits per heavy atom. The molecule has 0 aromatic carbocycles. The summed E-state index contributed by atoms with van der Waals surface area (Å²) in [6, 6.07) is 3.60. The molecule has 0 saturated carbocycles. The number of aromatic nitrogens is 3. The summed E-state index contributed by atoms with van der Waals surface area (Å²) in [5.41, 5.74) is 1.32. The molecule has 110 valence electrons. The van der Waals surface area contributed by atoms with Gasteiger partial charge in [0, 0.05) is 31.0 Å². The molecule has 0 aliphatic rings.